The summed E-state index contributed by atoms with van der Waals surface area (Å²) in [6, 6.07) is 8.48. The van der Waals surface area contributed by atoms with E-state index in [1.165, 1.54) is 31.2 Å². The van der Waals surface area contributed by atoms with Crippen LogP contribution in [-0.2, 0) is 10.3 Å². The summed E-state index contributed by atoms with van der Waals surface area (Å²) in [5.74, 6) is 0.510. The van der Waals surface area contributed by atoms with E-state index >= 15 is 0 Å². The summed E-state index contributed by atoms with van der Waals surface area (Å²) in [5.41, 5.74) is 7.85. The van der Waals surface area contributed by atoms with Crippen molar-refractivity contribution in [2.45, 2.75) is 56.6 Å². The first kappa shape index (κ1) is 14.6. The van der Waals surface area contributed by atoms with Crippen LogP contribution in [0.2, 0.25) is 0 Å². The molecule has 0 bridgehead atoms. The second-order valence-electron chi connectivity index (χ2n) is 6.72. The average molecular weight is 338 g/mol. The predicted molar refractivity (Wildman–Crippen MR) is 85.6 cm³/mol. The van der Waals surface area contributed by atoms with Gasteiger partial charge in [0.25, 0.3) is 0 Å². The highest BCUT2D eigenvalue weighted by atomic mass is 79.9. The fourth-order valence-corrected chi connectivity index (χ4v) is 4.22. The van der Waals surface area contributed by atoms with Gasteiger partial charge in [-0.15, -0.1) is 0 Å². The van der Waals surface area contributed by atoms with Crippen molar-refractivity contribution in [3.05, 3.63) is 34.3 Å². The van der Waals surface area contributed by atoms with Crippen molar-refractivity contribution in [3.63, 3.8) is 0 Å². The lowest BCUT2D eigenvalue weighted by atomic mass is 9.71. The molecule has 1 aromatic carbocycles. The molecule has 1 aromatic rings. The zero-order valence-electron chi connectivity index (χ0n) is 12.2. The molecule has 2 nitrogen and oxygen atoms in total. The summed E-state index contributed by atoms with van der Waals surface area (Å²) in [4.78, 5) is 0. The molecular formula is C17H24BrNO. The quantitative estimate of drug-likeness (QED) is 0.869. The molecule has 2 unspecified atom stereocenters. The Balaban J connectivity index is 1.81. The summed E-state index contributed by atoms with van der Waals surface area (Å²) < 4.78 is 7.25. The molecule has 1 aliphatic carbocycles. The molecular weight excluding hydrogens is 314 g/mol. The third-order valence-corrected chi connectivity index (χ3v) is 5.85. The largest absolute Gasteiger partial charge is 0.375 e. The van der Waals surface area contributed by atoms with Gasteiger partial charge in [0.05, 0.1) is 5.60 Å². The van der Waals surface area contributed by atoms with Crippen molar-refractivity contribution in [3.8, 4) is 0 Å². The third kappa shape index (κ3) is 2.68. The molecule has 1 aliphatic heterocycles. The maximum Gasteiger partial charge on any atom is 0.0686 e. The number of halogens is 1. The lowest BCUT2D eigenvalue weighted by Gasteiger charge is -2.45. The van der Waals surface area contributed by atoms with E-state index in [1.54, 1.807) is 0 Å². The van der Waals surface area contributed by atoms with Crippen LogP contribution < -0.4 is 5.73 Å². The highest BCUT2D eigenvalue weighted by Crippen LogP contribution is 2.46. The van der Waals surface area contributed by atoms with Crippen LogP contribution in [0.25, 0.3) is 0 Å². The molecule has 2 aliphatic rings. The van der Waals surface area contributed by atoms with E-state index in [1.807, 2.05) is 0 Å². The highest BCUT2D eigenvalue weighted by molar-refractivity contribution is 9.10. The minimum absolute atomic E-state index is 0.138. The normalized spacial score (nSPS) is 28.4. The van der Waals surface area contributed by atoms with Gasteiger partial charge >= 0.3 is 0 Å². The zero-order valence-corrected chi connectivity index (χ0v) is 13.8. The molecule has 0 radical (unpaired) electrons. The Hall–Kier alpha value is -0.380. The van der Waals surface area contributed by atoms with E-state index in [9.17, 15) is 0 Å². The lowest BCUT2D eigenvalue weighted by Crippen LogP contribution is -2.49. The van der Waals surface area contributed by atoms with Gasteiger partial charge in [0.2, 0.25) is 0 Å². The van der Waals surface area contributed by atoms with Crippen LogP contribution in [-0.4, -0.2) is 12.2 Å². The molecule has 2 N–H and O–H groups in total. The van der Waals surface area contributed by atoms with Gasteiger partial charge in [0.1, 0.15) is 0 Å². The molecule has 0 amide bonds. The second kappa shape index (κ2) is 5.43. The van der Waals surface area contributed by atoms with E-state index in [-0.39, 0.29) is 11.1 Å². The smallest absolute Gasteiger partial charge is 0.0686 e. The first-order valence-electron chi connectivity index (χ1n) is 7.71. The minimum Gasteiger partial charge on any atom is -0.375 e. The van der Waals surface area contributed by atoms with Crippen LogP contribution in [0, 0.1) is 5.92 Å². The number of ether oxygens (including phenoxy) is 1. The fourth-order valence-electron chi connectivity index (χ4n) is 3.95. The van der Waals surface area contributed by atoms with Crippen LogP contribution in [0.1, 0.15) is 51.0 Å². The first-order chi connectivity index (χ1) is 9.52. The van der Waals surface area contributed by atoms with Gasteiger partial charge in [-0.05, 0) is 56.2 Å². The van der Waals surface area contributed by atoms with E-state index in [4.69, 9.17) is 10.5 Å². The van der Waals surface area contributed by atoms with Crippen molar-refractivity contribution in [1.29, 1.82) is 0 Å². The van der Waals surface area contributed by atoms with Crippen molar-refractivity contribution in [2.75, 3.05) is 6.61 Å². The van der Waals surface area contributed by atoms with Gasteiger partial charge < -0.3 is 10.5 Å². The molecule has 1 heterocycles. The topological polar surface area (TPSA) is 35.2 Å². The maximum absolute atomic E-state index is 6.74. The van der Waals surface area contributed by atoms with Crippen LogP contribution in [0.3, 0.4) is 0 Å². The average Bonchev–Trinajstić information content (AvgIpc) is 2.87. The summed E-state index contributed by atoms with van der Waals surface area (Å²) in [6.07, 6.45) is 7.26. The van der Waals surface area contributed by atoms with Crippen LogP contribution in [0.15, 0.2) is 28.7 Å². The van der Waals surface area contributed by atoms with E-state index < -0.39 is 0 Å². The van der Waals surface area contributed by atoms with Crippen molar-refractivity contribution in [1.82, 2.24) is 0 Å². The predicted octanol–water partition coefficient (Wildman–Crippen LogP) is 4.36. The Kier molecular flexibility index (Phi) is 3.95. The van der Waals surface area contributed by atoms with Gasteiger partial charge in [-0.3, -0.25) is 0 Å². The molecule has 1 saturated heterocycles. The lowest BCUT2D eigenvalue weighted by molar-refractivity contribution is -0.104. The van der Waals surface area contributed by atoms with Crippen molar-refractivity contribution in [2.24, 2.45) is 11.7 Å². The highest BCUT2D eigenvalue weighted by Gasteiger charge is 2.45. The number of benzene rings is 1. The zero-order chi connectivity index (χ0) is 14.2. The van der Waals surface area contributed by atoms with Gasteiger partial charge in [0.15, 0.2) is 0 Å². The number of rotatable bonds is 2. The van der Waals surface area contributed by atoms with Crippen molar-refractivity contribution >= 4 is 15.9 Å². The number of hydrogen-bond acceptors (Lipinski definition) is 2. The van der Waals surface area contributed by atoms with E-state index in [0.717, 1.165) is 23.9 Å². The van der Waals surface area contributed by atoms with Gasteiger partial charge in [-0.25, -0.2) is 0 Å². The standard InChI is InChI=1S/C17H24BrNO/c1-16(19,13-4-6-15(18)7-5-13)14-8-11-20-17(12-14)9-2-3-10-17/h4-7,14H,2-3,8-12,19H2,1H3. The minimum atomic E-state index is -0.264. The Morgan fingerprint density at radius 2 is 1.90 bits per heavy atom. The molecule has 20 heavy (non-hydrogen) atoms. The Morgan fingerprint density at radius 1 is 1.25 bits per heavy atom. The monoisotopic (exact) mass is 337 g/mol. The summed E-state index contributed by atoms with van der Waals surface area (Å²) in [5, 5.41) is 0. The van der Waals surface area contributed by atoms with Gasteiger partial charge in [-0.1, -0.05) is 40.9 Å². The summed E-state index contributed by atoms with van der Waals surface area (Å²) in [6.45, 7) is 3.06. The van der Waals surface area contributed by atoms with Crippen LogP contribution in [0.5, 0.6) is 0 Å². The van der Waals surface area contributed by atoms with Crippen LogP contribution >= 0.6 is 15.9 Å². The third-order valence-electron chi connectivity index (χ3n) is 5.32. The Morgan fingerprint density at radius 3 is 2.55 bits per heavy atom. The molecule has 3 heteroatoms. The van der Waals surface area contributed by atoms with E-state index in [0.29, 0.717) is 5.92 Å². The molecule has 0 aromatic heterocycles. The molecule has 110 valence electrons. The molecule has 2 fully saturated rings. The summed E-state index contributed by atoms with van der Waals surface area (Å²) >= 11 is 3.50. The molecule has 1 spiro atoms. The van der Waals surface area contributed by atoms with Crippen LogP contribution in [0.4, 0.5) is 0 Å². The molecule has 2 atom stereocenters. The Labute approximate surface area is 130 Å². The van der Waals surface area contributed by atoms with Gasteiger partial charge in [-0.2, -0.15) is 0 Å². The SMILES string of the molecule is CC(N)(c1ccc(Br)cc1)C1CCOC2(CCCC2)C1. The number of nitrogens with two attached hydrogens (primary N) is 1. The second-order valence-corrected chi connectivity index (χ2v) is 7.63. The fraction of sp³-hybridized carbons (Fsp3) is 0.647. The Bertz CT molecular complexity index is 462. The maximum atomic E-state index is 6.74. The summed E-state index contributed by atoms with van der Waals surface area (Å²) in [7, 11) is 0. The van der Waals surface area contributed by atoms with Crippen molar-refractivity contribution < 1.29 is 4.74 Å². The molecule has 3 rings (SSSR count). The van der Waals surface area contributed by atoms with E-state index in [2.05, 4.69) is 47.1 Å². The first-order valence-corrected chi connectivity index (χ1v) is 8.50. The number of hydrogen-bond donors (Lipinski definition) is 1. The van der Waals surface area contributed by atoms with Gasteiger partial charge in [0, 0.05) is 16.6 Å². The molecule has 1 saturated carbocycles.